The Morgan fingerprint density at radius 1 is 1.05 bits per heavy atom. The first-order valence-corrected chi connectivity index (χ1v) is 7.24. The zero-order valence-electron chi connectivity index (χ0n) is 11.7. The maximum absolute atomic E-state index is 12.1. The van der Waals surface area contributed by atoms with Crippen molar-refractivity contribution in [2.75, 3.05) is 0 Å². The molecular weight excluding hydrogens is 288 g/mol. The van der Waals surface area contributed by atoms with E-state index in [1.54, 1.807) is 11.5 Å². The van der Waals surface area contributed by atoms with Crippen LogP contribution in [0.15, 0.2) is 36.4 Å². The van der Waals surface area contributed by atoms with Gasteiger partial charge in [-0.15, -0.1) is 11.3 Å². The molecule has 0 fully saturated rings. The number of nitrogens with one attached hydrogen (secondary N) is 2. The summed E-state index contributed by atoms with van der Waals surface area (Å²) in [6, 6.07) is 10.9. The van der Waals surface area contributed by atoms with Crippen LogP contribution in [-0.2, 0) is 0 Å². The van der Waals surface area contributed by atoms with E-state index in [1.165, 1.54) is 6.07 Å². The Morgan fingerprint density at radius 3 is 2.19 bits per heavy atom. The highest BCUT2D eigenvalue weighted by atomic mass is 32.1. The molecule has 0 saturated heterocycles. The zero-order valence-corrected chi connectivity index (χ0v) is 12.5. The number of hydrogen-bond donors (Lipinski definition) is 3. The third kappa shape index (κ3) is 3.68. The molecule has 1 aromatic carbocycles. The topological polar surface area (TPSA) is 78.4 Å². The van der Waals surface area contributed by atoms with Gasteiger partial charge >= 0.3 is 0 Å². The fourth-order valence-electron chi connectivity index (χ4n) is 1.84. The Balaban J connectivity index is 2.05. The number of amides is 2. The van der Waals surface area contributed by atoms with Crippen LogP contribution in [0.1, 0.15) is 43.4 Å². The maximum Gasteiger partial charge on any atom is 0.284 e. The third-order valence-corrected chi connectivity index (χ3v) is 4.16. The van der Waals surface area contributed by atoms with Crippen molar-refractivity contribution in [3.05, 3.63) is 57.3 Å². The molecule has 0 unspecified atom stereocenters. The third-order valence-electron chi connectivity index (χ3n) is 3.08. The minimum absolute atomic E-state index is 0.129. The monoisotopic (exact) mass is 304 g/mol. The van der Waals surface area contributed by atoms with Gasteiger partial charge in [0.25, 0.3) is 11.8 Å². The lowest BCUT2D eigenvalue weighted by Gasteiger charge is -2.13. The van der Waals surface area contributed by atoms with E-state index in [0.29, 0.717) is 4.88 Å². The minimum Gasteiger partial charge on any atom is -0.345 e. The zero-order chi connectivity index (χ0) is 15.4. The average Bonchev–Trinajstić information content (AvgIpc) is 2.97. The lowest BCUT2D eigenvalue weighted by molar-refractivity contribution is 0.0711. The van der Waals surface area contributed by atoms with E-state index in [0.717, 1.165) is 22.5 Å². The lowest BCUT2D eigenvalue weighted by atomic mass is 10.1. The molecule has 6 heteroatoms. The molecule has 0 spiro atoms. The summed E-state index contributed by atoms with van der Waals surface area (Å²) in [5.41, 5.74) is 3.72. The van der Waals surface area contributed by atoms with Gasteiger partial charge < -0.3 is 5.32 Å². The number of thiophene rings is 1. The number of benzene rings is 1. The van der Waals surface area contributed by atoms with Crippen LogP contribution in [0, 0.1) is 6.92 Å². The highest BCUT2D eigenvalue weighted by Gasteiger charge is 2.15. The van der Waals surface area contributed by atoms with E-state index >= 15 is 0 Å². The van der Waals surface area contributed by atoms with Crippen molar-refractivity contribution < 1.29 is 14.8 Å². The number of hydrogen-bond acceptors (Lipinski definition) is 4. The van der Waals surface area contributed by atoms with Crippen LogP contribution in [0.2, 0.25) is 0 Å². The molecule has 2 aromatic rings. The van der Waals surface area contributed by atoms with Crippen molar-refractivity contribution in [2.24, 2.45) is 0 Å². The molecule has 0 aliphatic heterocycles. The molecule has 0 aliphatic rings. The largest absolute Gasteiger partial charge is 0.345 e. The van der Waals surface area contributed by atoms with Crippen LogP contribution in [-0.4, -0.2) is 17.0 Å². The Morgan fingerprint density at radius 2 is 1.62 bits per heavy atom. The second kappa shape index (κ2) is 6.51. The molecule has 0 aliphatic carbocycles. The van der Waals surface area contributed by atoms with Gasteiger partial charge in [-0.1, -0.05) is 29.8 Å². The standard InChI is InChI=1S/C15H16N2O3S/c1-9-3-5-11(6-4-9)10(2)16-14(18)12-7-8-13(21-12)15(19)17-20/h3-8,10,20H,1-2H3,(H,16,18)(H,17,19)/t10-/m1/s1. The predicted octanol–water partition coefficient (Wildman–Crippen LogP) is 2.67. The van der Waals surface area contributed by atoms with Gasteiger partial charge in [0.05, 0.1) is 15.8 Å². The SMILES string of the molecule is Cc1ccc([C@@H](C)NC(=O)c2ccc(C(=O)NO)s2)cc1. The van der Waals surface area contributed by atoms with E-state index in [9.17, 15) is 9.59 Å². The quantitative estimate of drug-likeness (QED) is 0.600. The predicted molar refractivity (Wildman–Crippen MR) is 80.6 cm³/mol. The second-order valence-electron chi connectivity index (χ2n) is 4.71. The number of carbonyl (C=O) groups excluding carboxylic acids is 2. The van der Waals surface area contributed by atoms with Gasteiger partial charge in [-0.05, 0) is 31.5 Å². The number of hydroxylamine groups is 1. The first-order valence-electron chi connectivity index (χ1n) is 6.43. The van der Waals surface area contributed by atoms with Crippen LogP contribution < -0.4 is 10.8 Å². The van der Waals surface area contributed by atoms with E-state index < -0.39 is 5.91 Å². The van der Waals surface area contributed by atoms with Gasteiger partial charge in [-0.3, -0.25) is 14.8 Å². The molecule has 2 amide bonds. The summed E-state index contributed by atoms with van der Waals surface area (Å²) in [5, 5.41) is 11.4. The van der Waals surface area contributed by atoms with Crippen LogP contribution in [0.4, 0.5) is 0 Å². The van der Waals surface area contributed by atoms with Crippen molar-refractivity contribution in [1.82, 2.24) is 10.8 Å². The Bertz CT molecular complexity index is 649. The fraction of sp³-hybridized carbons (Fsp3) is 0.200. The number of aryl methyl sites for hydroxylation is 1. The van der Waals surface area contributed by atoms with Crippen molar-refractivity contribution in [1.29, 1.82) is 0 Å². The van der Waals surface area contributed by atoms with Crippen LogP contribution in [0.5, 0.6) is 0 Å². The maximum atomic E-state index is 12.1. The molecule has 21 heavy (non-hydrogen) atoms. The number of carbonyl (C=O) groups is 2. The van der Waals surface area contributed by atoms with E-state index in [1.807, 2.05) is 38.1 Å². The van der Waals surface area contributed by atoms with Gasteiger partial charge in [0.1, 0.15) is 0 Å². The average molecular weight is 304 g/mol. The molecule has 1 atom stereocenters. The summed E-state index contributed by atoms with van der Waals surface area (Å²) in [6.07, 6.45) is 0. The molecule has 0 bridgehead atoms. The molecule has 110 valence electrons. The summed E-state index contributed by atoms with van der Waals surface area (Å²) in [5.74, 6) is -0.865. The van der Waals surface area contributed by atoms with Crippen molar-refractivity contribution >= 4 is 23.2 Å². The van der Waals surface area contributed by atoms with E-state index in [2.05, 4.69) is 5.32 Å². The van der Waals surface area contributed by atoms with E-state index in [-0.39, 0.29) is 16.8 Å². The molecule has 1 heterocycles. The smallest absolute Gasteiger partial charge is 0.284 e. The molecule has 0 saturated carbocycles. The Kier molecular flexibility index (Phi) is 4.72. The van der Waals surface area contributed by atoms with Gasteiger partial charge in [0.15, 0.2) is 0 Å². The molecular formula is C15H16N2O3S. The normalized spacial score (nSPS) is 11.8. The fourth-order valence-corrected chi connectivity index (χ4v) is 2.64. The second-order valence-corrected chi connectivity index (χ2v) is 5.79. The van der Waals surface area contributed by atoms with Crippen LogP contribution in [0.25, 0.3) is 0 Å². The summed E-state index contributed by atoms with van der Waals surface area (Å²) in [6.45, 7) is 3.91. The highest BCUT2D eigenvalue weighted by Crippen LogP contribution is 2.19. The van der Waals surface area contributed by atoms with Crippen LogP contribution in [0.3, 0.4) is 0 Å². The minimum atomic E-state index is -0.620. The number of rotatable bonds is 4. The van der Waals surface area contributed by atoms with Gasteiger partial charge in [-0.2, -0.15) is 0 Å². The van der Waals surface area contributed by atoms with Gasteiger partial charge in [0.2, 0.25) is 0 Å². The molecule has 2 rings (SSSR count). The summed E-state index contributed by atoms with van der Waals surface area (Å²) >= 11 is 1.03. The molecule has 3 N–H and O–H groups in total. The van der Waals surface area contributed by atoms with Crippen LogP contribution >= 0.6 is 11.3 Å². The Labute approximate surface area is 126 Å². The van der Waals surface area contributed by atoms with Crippen molar-refractivity contribution in [3.63, 3.8) is 0 Å². The van der Waals surface area contributed by atoms with E-state index in [4.69, 9.17) is 5.21 Å². The lowest BCUT2D eigenvalue weighted by Crippen LogP contribution is -2.25. The first-order chi connectivity index (χ1) is 10.0. The summed E-state index contributed by atoms with van der Waals surface area (Å²) in [4.78, 5) is 24.1. The molecule has 5 nitrogen and oxygen atoms in total. The summed E-state index contributed by atoms with van der Waals surface area (Å²) < 4.78 is 0. The first kappa shape index (κ1) is 15.2. The highest BCUT2D eigenvalue weighted by molar-refractivity contribution is 7.15. The molecule has 1 aromatic heterocycles. The van der Waals surface area contributed by atoms with Crippen molar-refractivity contribution in [2.45, 2.75) is 19.9 Å². The van der Waals surface area contributed by atoms with Crippen molar-refractivity contribution in [3.8, 4) is 0 Å². The molecule has 0 radical (unpaired) electrons. The van der Waals surface area contributed by atoms with Gasteiger partial charge in [0, 0.05) is 0 Å². The van der Waals surface area contributed by atoms with Gasteiger partial charge in [-0.25, -0.2) is 5.48 Å². The summed E-state index contributed by atoms with van der Waals surface area (Å²) in [7, 11) is 0. The Hall–Kier alpha value is -2.18.